The van der Waals surface area contributed by atoms with Gasteiger partial charge >= 0.3 is 0 Å². The Hall–Kier alpha value is -0.610. The first-order valence-electron chi connectivity index (χ1n) is 3.36. The summed E-state index contributed by atoms with van der Waals surface area (Å²) in [5.74, 6) is 1.13. The van der Waals surface area contributed by atoms with Crippen LogP contribution in [0, 0.1) is 0 Å². The number of H-pyrrole nitrogens is 1. The molecule has 62 valence electrons. The molecule has 1 N–H and O–H groups in total. The molecule has 0 unspecified atom stereocenters. The van der Waals surface area contributed by atoms with E-state index in [9.17, 15) is 0 Å². The highest BCUT2D eigenvalue weighted by atomic mass is 79.9. The number of alkyl halides is 1. The lowest BCUT2D eigenvalue weighted by Crippen LogP contribution is -1.78. The lowest BCUT2D eigenvalue weighted by atomic mass is 10.4. The van der Waals surface area contributed by atoms with Gasteiger partial charge in [0, 0.05) is 0 Å². The monoisotopic (exact) mass is 245 g/mol. The van der Waals surface area contributed by atoms with Crippen molar-refractivity contribution in [3.05, 3.63) is 22.6 Å². The van der Waals surface area contributed by atoms with Crippen LogP contribution in [0.25, 0.3) is 11.2 Å². The second kappa shape index (κ2) is 3.03. The molecule has 0 bridgehead atoms. The number of nitrogens with zero attached hydrogens (tertiary/aromatic N) is 2. The molecule has 2 rings (SSSR count). The van der Waals surface area contributed by atoms with E-state index in [1.165, 1.54) is 0 Å². The second-order valence-electron chi connectivity index (χ2n) is 2.32. The van der Waals surface area contributed by atoms with E-state index < -0.39 is 0 Å². The van der Waals surface area contributed by atoms with Gasteiger partial charge in [-0.25, -0.2) is 9.97 Å². The molecule has 2 aromatic heterocycles. The Labute approximate surface area is 82.3 Å². The summed E-state index contributed by atoms with van der Waals surface area (Å²) in [7, 11) is 0. The molecule has 0 amide bonds. The van der Waals surface area contributed by atoms with Gasteiger partial charge in [-0.05, 0) is 28.1 Å². The summed E-state index contributed by atoms with van der Waals surface area (Å²) in [6.45, 7) is 0. The predicted octanol–water partition coefficient (Wildman–Crippen LogP) is 2.46. The Bertz CT molecular complexity index is 412. The molecule has 2 heterocycles. The Morgan fingerprint density at radius 2 is 2.25 bits per heavy atom. The zero-order chi connectivity index (χ0) is 8.55. The van der Waals surface area contributed by atoms with Crippen molar-refractivity contribution < 1.29 is 0 Å². The van der Waals surface area contributed by atoms with Crippen LogP contribution < -0.4 is 0 Å². The van der Waals surface area contributed by atoms with Gasteiger partial charge in [0.1, 0.15) is 10.4 Å². The third kappa shape index (κ3) is 1.32. The normalized spacial score (nSPS) is 10.8. The first kappa shape index (κ1) is 8.01. The van der Waals surface area contributed by atoms with Crippen LogP contribution in [0.2, 0.25) is 0 Å². The molecule has 12 heavy (non-hydrogen) atoms. The van der Waals surface area contributed by atoms with Crippen molar-refractivity contribution in [2.24, 2.45) is 0 Å². The van der Waals surface area contributed by atoms with Crippen molar-refractivity contribution in [3.63, 3.8) is 0 Å². The van der Waals surface area contributed by atoms with E-state index in [0.717, 1.165) is 15.9 Å². The molecule has 3 nitrogen and oxygen atoms in total. The standard InChI is InChI=1S/C7H5BrClN3/c8-5-2-1-4-7(11-5)12-6(3-9)10-4/h1-2H,3H2,(H,10,11,12). The number of aromatic nitrogens is 3. The average molecular weight is 246 g/mol. The van der Waals surface area contributed by atoms with Crippen molar-refractivity contribution in [3.8, 4) is 0 Å². The summed E-state index contributed by atoms with van der Waals surface area (Å²) in [6.07, 6.45) is 0. The van der Waals surface area contributed by atoms with Crippen LogP contribution in [0.3, 0.4) is 0 Å². The topological polar surface area (TPSA) is 41.6 Å². The summed E-state index contributed by atoms with van der Waals surface area (Å²) in [5, 5.41) is 0. The van der Waals surface area contributed by atoms with E-state index in [1.807, 2.05) is 12.1 Å². The van der Waals surface area contributed by atoms with Crippen molar-refractivity contribution >= 4 is 38.7 Å². The molecule has 0 radical (unpaired) electrons. The smallest absolute Gasteiger partial charge is 0.178 e. The lowest BCUT2D eigenvalue weighted by Gasteiger charge is -1.86. The van der Waals surface area contributed by atoms with Crippen molar-refractivity contribution in [2.75, 3.05) is 0 Å². The molecule has 0 saturated heterocycles. The van der Waals surface area contributed by atoms with Gasteiger partial charge in [0.2, 0.25) is 0 Å². The van der Waals surface area contributed by atoms with Gasteiger partial charge in [0.05, 0.1) is 11.4 Å². The van der Waals surface area contributed by atoms with Crippen LogP contribution in [0.5, 0.6) is 0 Å². The first-order valence-corrected chi connectivity index (χ1v) is 4.69. The average Bonchev–Trinajstić information content (AvgIpc) is 2.46. The number of imidazole rings is 1. The fourth-order valence-corrected chi connectivity index (χ4v) is 1.41. The van der Waals surface area contributed by atoms with E-state index in [4.69, 9.17) is 11.6 Å². The summed E-state index contributed by atoms with van der Waals surface area (Å²) in [5.41, 5.74) is 1.61. The molecule has 0 aromatic carbocycles. The Morgan fingerprint density at radius 1 is 1.42 bits per heavy atom. The maximum atomic E-state index is 5.60. The van der Waals surface area contributed by atoms with Crippen molar-refractivity contribution in [1.82, 2.24) is 15.0 Å². The number of pyridine rings is 1. The van der Waals surface area contributed by atoms with Crippen LogP contribution in [0.4, 0.5) is 0 Å². The van der Waals surface area contributed by atoms with Gasteiger partial charge in [-0.3, -0.25) is 0 Å². The van der Waals surface area contributed by atoms with Crippen molar-refractivity contribution in [2.45, 2.75) is 5.88 Å². The van der Waals surface area contributed by atoms with E-state index in [1.54, 1.807) is 0 Å². The minimum Gasteiger partial charge on any atom is -0.340 e. The number of halogens is 2. The quantitative estimate of drug-likeness (QED) is 0.620. The van der Waals surface area contributed by atoms with E-state index >= 15 is 0 Å². The Kier molecular flexibility index (Phi) is 2.02. The van der Waals surface area contributed by atoms with Crippen LogP contribution in [-0.4, -0.2) is 15.0 Å². The van der Waals surface area contributed by atoms with Crippen LogP contribution in [0.15, 0.2) is 16.7 Å². The van der Waals surface area contributed by atoms with Crippen LogP contribution >= 0.6 is 27.5 Å². The second-order valence-corrected chi connectivity index (χ2v) is 3.40. The van der Waals surface area contributed by atoms with Gasteiger partial charge in [0.15, 0.2) is 5.65 Å². The number of hydrogen-bond donors (Lipinski definition) is 1. The molecule has 5 heteroatoms. The number of fused-ring (bicyclic) bond motifs is 1. The zero-order valence-corrected chi connectivity index (χ0v) is 8.35. The lowest BCUT2D eigenvalue weighted by molar-refractivity contribution is 1.12. The number of nitrogens with one attached hydrogen (secondary N) is 1. The molecular weight excluding hydrogens is 241 g/mol. The van der Waals surface area contributed by atoms with Gasteiger partial charge in [-0.2, -0.15) is 0 Å². The Morgan fingerprint density at radius 3 is 3.00 bits per heavy atom. The highest BCUT2D eigenvalue weighted by Gasteiger charge is 2.02. The molecular formula is C7H5BrClN3. The fraction of sp³-hybridized carbons (Fsp3) is 0.143. The maximum Gasteiger partial charge on any atom is 0.178 e. The third-order valence-electron chi connectivity index (χ3n) is 1.49. The van der Waals surface area contributed by atoms with Crippen LogP contribution in [0.1, 0.15) is 5.82 Å². The number of hydrogen-bond acceptors (Lipinski definition) is 2. The Balaban J connectivity index is 2.67. The van der Waals surface area contributed by atoms with Crippen LogP contribution in [-0.2, 0) is 5.88 Å². The molecule has 0 atom stereocenters. The molecule has 0 spiro atoms. The van der Waals surface area contributed by atoms with E-state index in [2.05, 4.69) is 30.9 Å². The summed E-state index contributed by atoms with van der Waals surface area (Å²) in [6, 6.07) is 3.77. The molecule has 0 saturated carbocycles. The van der Waals surface area contributed by atoms with Crippen molar-refractivity contribution in [1.29, 1.82) is 0 Å². The first-order chi connectivity index (χ1) is 5.79. The minimum atomic E-state index is 0.383. The molecule has 0 aliphatic heterocycles. The minimum absolute atomic E-state index is 0.383. The van der Waals surface area contributed by atoms with Gasteiger partial charge in [0.25, 0.3) is 0 Å². The largest absolute Gasteiger partial charge is 0.340 e. The van der Waals surface area contributed by atoms with E-state index in [-0.39, 0.29) is 0 Å². The summed E-state index contributed by atoms with van der Waals surface area (Å²) >= 11 is 8.87. The van der Waals surface area contributed by atoms with Gasteiger partial charge in [-0.1, -0.05) is 0 Å². The molecule has 2 aromatic rings. The maximum absolute atomic E-state index is 5.60. The zero-order valence-electron chi connectivity index (χ0n) is 6.01. The SMILES string of the molecule is ClCc1nc2nc(Br)ccc2[nH]1. The highest BCUT2D eigenvalue weighted by Crippen LogP contribution is 2.13. The predicted molar refractivity (Wildman–Crippen MR) is 51.1 cm³/mol. The highest BCUT2D eigenvalue weighted by molar-refractivity contribution is 9.10. The van der Waals surface area contributed by atoms with Gasteiger partial charge < -0.3 is 4.98 Å². The van der Waals surface area contributed by atoms with E-state index in [0.29, 0.717) is 11.5 Å². The fourth-order valence-electron chi connectivity index (χ4n) is 0.983. The molecule has 0 aliphatic carbocycles. The third-order valence-corrected chi connectivity index (χ3v) is 2.18. The number of aromatic amines is 1. The van der Waals surface area contributed by atoms with Gasteiger partial charge in [-0.15, -0.1) is 11.6 Å². The molecule has 0 aliphatic rings. The summed E-state index contributed by atoms with van der Waals surface area (Å²) < 4.78 is 0.780. The molecule has 0 fully saturated rings. The summed E-state index contributed by atoms with van der Waals surface area (Å²) in [4.78, 5) is 11.4. The number of rotatable bonds is 1.